The molecule has 0 spiro atoms. The lowest BCUT2D eigenvalue weighted by molar-refractivity contribution is 0.102. The van der Waals surface area contributed by atoms with E-state index in [1.54, 1.807) is 12.4 Å². The molecular formula is C22H22N6O. The number of aromatic nitrogens is 5. The molecule has 29 heavy (non-hydrogen) atoms. The number of aromatic amines is 1. The second kappa shape index (κ2) is 6.55. The summed E-state index contributed by atoms with van der Waals surface area (Å²) in [5, 5.41) is 11.5. The largest absolute Gasteiger partial charge is 0.360 e. The van der Waals surface area contributed by atoms with Gasteiger partial charge in [-0.1, -0.05) is 19.1 Å². The lowest BCUT2D eigenvalue weighted by atomic mass is 9.58. The van der Waals surface area contributed by atoms with Crippen LogP contribution in [0.3, 0.4) is 0 Å². The number of carbonyl (C=O) groups is 1. The molecule has 146 valence electrons. The molecule has 0 atom stereocenters. The second-order valence-electron chi connectivity index (χ2n) is 8.00. The first-order valence-electron chi connectivity index (χ1n) is 9.76. The maximum absolute atomic E-state index is 12.7. The number of nitrogens with one attached hydrogen (secondary N) is 2. The molecule has 0 bridgehead atoms. The van der Waals surface area contributed by atoms with Gasteiger partial charge in [0.15, 0.2) is 0 Å². The summed E-state index contributed by atoms with van der Waals surface area (Å²) in [5.41, 5.74) is 3.82. The highest BCUT2D eigenvalue weighted by atomic mass is 16.1. The third kappa shape index (κ3) is 2.90. The number of nitrogens with zero attached hydrogens (tertiary/aromatic N) is 4. The van der Waals surface area contributed by atoms with E-state index in [9.17, 15) is 4.79 Å². The molecule has 1 aromatic carbocycles. The van der Waals surface area contributed by atoms with Crippen LogP contribution in [0.15, 0.2) is 55.0 Å². The van der Waals surface area contributed by atoms with Crippen LogP contribution in [0.25, 0.3) is 11.0 Å². The van der Waals surface area contributed by atoms with Gasteiger partial charge in [-0.2, -0.15) is 0 Å². The normalized spacial score (nSPS) is 21.1. The molecule has 4 aromatic rings. The molecule has 0 radical (unpaired) electrons. The summed E-state index contributed by atoms with van der Waals surface area (Å²) < 4.78 is 1.99. The summed E-state index contributed by atoms with van der Waals surface area (Å²) in [6.07, 6.45) is 5.59. The summed E-state index contributed by atoms with van der Waals surface area (Å²) in [5.74, 6) is 1.38. The van der Waals surface area contributed by atoms with Crippen molar-refractivity contribution in [2.24, 2.45) is 13.0 Å². The quantitative estimate of drug-likeness (QED) is 0.560. The topological polar surface area (TPSA) is 88.5 Å². The van der Waals surface area contributed by atoms with Crippen LogP contribution in [0.4, 0.5) is 5.69 Å². The van der Waals surface area contributed by atoms with Crippen molar-refractivity contribution >= 4 is 22.6 Å². The average molecular weight is 386 g/mol. The van der Waals surface area contributed by atoms with Crippen molar-refractivity contribution in [3.8, 4) is 0 Å². The van der Waals surface area contributed by atoms with Crippen molar-refractivity contribution in [3.63, 3.8) is 0 Å². The third-order valence-corrected chi connectivity index (χ3v) is 5.84. The number of hydrogen-bond acceptors (Lipinski definition) is 4. The standard InChI is InChI=1S/C22H22N6O/c1-14-11-22(12-14,21-27-24-13-28(21)2)15-4-3-5-16(10-15)25-20(29)19-7-6-17-18(26-19)8-9-23-17/h3-10,13-14,23H,11-12H2,1-2H3,(H,25,29). The number of H-pyrrole nitrogens is 1. The number of pyridine rings is 1. The Morgan fingerprint density at radius 3 is 2.86 bits per heavy atom. The molecule has 3 aromatic heterocycles. The van der Waals surface area contributed by atoms with Gasteiger partial charge in [-0.15, -0.1) is 10.2 Å². The number of anilines is 1. The van der Waals surface area contributed by atoms with Crippen LogP contribution in [0.2, 0.25) is 0 Å². The zero-order chi connectivity index (χ0) is 20.0. The molecule has 1 fully saturated rings. The van der Waals surface area contributed by atoms with Gasteiger partial charge in [0.25, 0.3) is 5.91 Å². The van der Waals surface area contributed by atoms with Crippen LogP contribution in [-0.4, -0.2) is 30.6 Å². The molecular weight excluding hydrogens is 364 g/mol. The first kappa shape index (κ1) is 17.6. The van der Waals surface area contributed by atoms with Crippen LogP contribution >= 0.6 is 0 Å². The van der Waals surface area contributed by atoms with Gasteiger partial charge in [0.2, 0.25) is 0 Å². The van der Waals surface area contributed by atoms with E-state index in [0.29, 0.717) is 11.6 Å². The predicted octanol–water partition coefficient (Wildman–Crippen LogP) is 3.66. The molecule has 1 aliphatic carbocycles. The van der Waals surface area contributed by atoms with Gasteiger partial charge in [-0.3, -0.25) is 4.79 Å². The van der Waals surface area contributed by atoms with Crippen molar-refractivity contribution < 1.29 is 4.79 Å². The third-order valence-electron chi connectivity index (χ3n) is 5.84. The Kier molecular flexibility index (Phi) is 3.97. The molecule has 1 saturated carbocycles. The van der Waals surface area contributed by atoms with Crippen LogP contribution in [0, 0.1) is 5.92 Å². The Morgan fingerprint density at radius 1 is 1.24 bits per heavy atom. The van der Waals surface area contributed by atoms with E-state index in [4.69, 9.17) is 0 Å². The fourth-order valence-corrected chi connectivity index (χ4v) is 4.54. The van der Waals surface area contributed by atoms with Gasteiger partial charge in [0, 0.05) is 18.9 Å². The molecule has 0 aliphatic heterocycles. The van der Waals surface area contributed by atoms with Crippen molar-refractivity contribution in [2.75, 3.05) is 5.32 Å². The monoisotopic (exact) mass is 386 g/mol. The lowest BCUT2D eigenvalue weighted by Crippen LogP contribution is -2.43. The Morgan fingerprint density at radius 2 is 2.10 bits per heavy atom. The Bertz CT molecular complexity index is 1200. The number of fused-ring (bicyclic) bond motifs is 1. The number of amides is 1. The highest BCUT2D eigenvalue weighted by Gasteiger charge is 2.48. The minimum Gasteiger partial charge on any atom is -0.360 e. The Labute approximate surface area is 168 Å². The first-order chi connectivity index (χ1) is 14.0. The van der Waals surface area contributed by atoms with Gasteiger partial charge >= 0.3 is 0 Å². The highest BCUT2D eigenvalue weighted by molar-refractivity contribution is 6.04. The fraction of sp³-hybridized carbons (Fsp3) is 0.273. The van der Waals surface area contributed by atoms with E-state index in [1.807, 2.05) is 48.1 Å². The van der Waals surface area contributed by atoms with Crippen LogP contribution < -0.4 is 5.32 Å². The summed E-state index contributed by atoms with van der Waals surface area (Å²) in [6, 6.07) is 13.5. The van der Waals surface area contributed by atoms with Gasteiger partial charge in [-0.25, -0.2) is 4.98 Å². The predicted molar refractivity (Wildman–Crippen MR) is 111 cm³/mol. The summed E-state index contributed by atoms with van der Waals surface area (Å²) in [6.45, 7) is 2.25. The minimum atomic E-state index is -0.222. The number of aryl methyl sites for hydroxylation is 1. The molecule has 2 N–H and O–H groups in total. The average Bonchev–Trinajstić information content (AvgIpc) is 3.33. The number of hydrogen-bond donors (Lipinski definition) is 2. The van der Waals surface area contributed by atoms with Gasteiger partial charge in [-0.05, 0) is 54.7 Å². The molecule has 7 nitrogen and oxygen atoms in total. The van der Waals surface area contributed by atoms with E-state index in [1.165, 1.54) is 0 Å². The molecule has 1 amide bonds. The van der Waals surface area contributed by atoms with Gasteiger partial charge in [0.05, 0.1) is 16.4 Å². The number of benzene rings is 1. The van der Waals surface area contributed by atoms with Crippen molar-refractivity contribution in [3.05, 3.63) is 72.1 Å². The smallest absolute Gasteiger partial charge is 0.274 e. The Hall–Kier alpha value is -3.48. The van der Waals surface area contributed by atoms with Crippen LogP contribution in [0.5, 0.6) is 0 Å². The molecule has 5 rings (SSSR count). The van der Waals surface area contributed by atoms with E-state index >= 15 is 0 Å². The molecule has 7 heteroatoms. The first-order valence-corrected chi connectivity index (χ1v) is 9.76. The fourth-order valence-electron chi connectivity index (χ4n) is 4.54. The maximum atomic E-state index is 12.7. The van der Waals surface area contributed by atoms with Gasteiger partial charge < -0.3 is 14.9 Å². The van der Waals surface area contributed by atoms with Gasteiger partial charge in [0.1, 0.15) is 17.8 Å². The molecule has 0 unspecified atom stereocenters. The Balaban J connectivity index is 1.45. The van der Waals surface area contributed by atoms with Crippen molar-refractivity contribution in [2.45, 2.75) is 25.2 Å². The van der Waals surface area contributed by atoms with Crippen molar-refractivity contribution in [1.82, 2.24) is 24.7 Å². The van der Waals surface area contributed by atoms with E-state index < -0.39 is 0 Å². The number of carbonyl (C=O) groups excluding carboxylic acids is 1. The van der Waals surface area contributed by atoms with Crippen LogP contribution in [-0.2, 0) is 12.5 Å². The lowest BCUT2D eigenvalue weighted by Gasteiger charge is -2.46. The summed E-state index contributed by atoms with van der Waals surface area (Å²) in [7, 11) is 1.98. The molecule has 1 aliphatic rings. The summed E-state index contributed by atoms with van der Waals surface area (Å²) in [4.78, 5) is 20.3. The van der Waals surface area contributed by atoms with Crippen LogP contribution in [0.1, 0.15) is 41.6 Å². The zero-order valence-electron chi connectivity index (χ0n) is 16.4. The minimum absolute atomic E-state index is 0.159. The SMILES string of the molecule is CC1CC(c2cccc(NC(=O)c3ccc4[nH]ccc4n3)c2)(c2nncn2C)C1. The molecule has 0 saturated heterocycles. The van der Waals surface area contributed by atoms with Crippen molar-refractivity contribution in [1.29, 1.82) is 0 Å². The maximum Gasteiger partial charge on any atom is 0.274 e. The van der Waals surface area contributed by atoms with E-state index in [0.717, 1.165) is 41.0 Å². The number of rotatable bonds is 4. The molecule has 3 heterocycles. The summed E-state index contributed by atoms with van der Waals surface area (Å²) >= 11 is 0. The zero-order valence-corrected chi connectivity index (χ0v) is 16.4. The van der Waals surface area contributed by atoms with E-state index in [-0.39, 0.29) is 11.3 Å². The van der Waals surface area contributed by atoms with E-state index in [2.05, 4.69) is 38.5 Å². The highest BCUT2D eigenvalue weighted by Crippen LogP contribution is 2.51. The second-order valence-corrected chi connectivity index (χ2v) is 8.00.